The van der Waals surface area contributed by atoms with Crippen molar-refractivity contribution in [2.24, 2.45) is 0 Å². The van der Waals surface area contributed by atoms with Gasteiger partial charge >= 0.3 is 0 Å². The summed E-state index contributed by atoms with van der Waals surface area (Å²) in [5, 5.41) is 18.6. The third-order valence-electron chi connectivity index (χ3n) is 5.01. The zero-order valence-corrected chi connectivity index (χ0v) is 16.5. The number of hydrogen-bond acceptors (Lipinski definition) is 4. The summed E-state index contributed by atoms with van der Waals surface area (Å²) in [6.07, 6.45) is 1.63. The summed E-state index contributed by atoms with van der Waals surface area (Å²) in [7, 11) is 1.75. The minimum atomic E-state index is -0.590. The van der Waals surface area contributed by atoms with Gasteiger partial charge in [0.05, 0.1) is 18.0 Å². The number of aliphatic hydroxyl groups excluding tert-OH is 1. The Morgan fingerprint density at radius 3 is 2.61 bits per heavy atom. The lowest BCUT2D eigenvalue weighted by molar-refractivity contribution is 0.0761. The Balaban J connectivity index is 1.71. The number of rotatable bonds is 6. The second kappa shape index (κ2) is 8.76. The van der Waals surface area contributed by atoms with E-state index in [1.54, 1.807) is 24.2 Å². The maximum atomic E-state index is 12.8. The molecule has 5 nitrogen and oxygen atoms in total. The van der Waals surface area contributed by atoms with E-state index in [-0.39, 0.29) is 5.91 Å². The Morgan fingerprint density at radius 1 is 1.11 bits per heavy atom. The molecule has 1 amide bonds. The summed E-state index contributed by atoms with van der Waals surface area (Å²) in [6.45, 7) is 4.46. The van der Waals surface area contributed by atoms with Gasteiger partial charge in [-0.2, -0.15) is 10.2 Å². The van der Waals surface area contributed by atoms with Gasteiger partial charge in [-0.25, -0.2) is 0 Å². The lowest BCUT2D eigenvalue weighted by atomic mass is 10.0. The maximum Gasteiger partial charge on any atom is 0.253 e. The molecule has 2 aromatic carbocycles. The molecule has 0 aliphatic carbocycles. The normalized spacial score (nSPS) is 11.9. The van der Waals surface area contributed by atoms with Crippen molar-refractivity contribution in [2.45, 2.75) is 26.4 Å². The van der Waals surface area contributed by atoms with Crippen molar-refractivity contribution in [1.29, 1.82) is 0 Å². The molecule has 144 valence electrons. The fourth-order valence-corrected chi connectivity index (χ4v) is 3.09. The van der Waals surface area contributed by atoms with Gasteiger partial charge in [-0.15, -0.1) is 0 Å². The van der Waals surface area contributed by atoms with E-state index < -0.39 is 6.10 Å². The summed E-state index contributed by atoms with van der Waals surface area (Å²) in [4.78, 5) is 14.5. The van der Waals surface area contributed by atoms with E-state index in [1.807, 2.05) is 62.4 Å². The molecule has 1 heterocycles. The van der Waals surface area contributed by atoms with Gasteiger partial charge in [0.15, 0.2) is 0 Å². The summed E-state index contributed by atoms with van der Waals surface area (Å²) in [5.41, 5.74) is 5.23. The lowest BCUT2D eigenvalue weighted by Crippen LogP contribution is -2.28. The highest BCUT2D eigenvalue weighted by molar-refractivity contribution is 5.95. The molecule has 5 heteroatoms. The summed E-state index contributed by atoms with van der Waals surface area (Å²) in [6, 6.07) is 16.9. The highest BCUT2D eigenvalue weighted by atomic mass is 16.3. The fourth-order valence-electron chi connectivity index (χ4n) is 3.09. The molecule has 28 heavy (non-hydrogen) atoms. The molecule has 1 unspecified atom stereocenters. The van der Waals surface area contributed by atoms with Gasteiger partial charge in [0.1, 0.15) is 0 Å². The number of nitrogens with zero attached hydrogens (tertiary/aromatic N) is 3. The molecular weight excluding hydrogens is 350 g/mol. The van der Waals surface area contributed by atoms with Gasteiger partial charge in [0, 0.05) is 24.7 Å². The Morgan fingerprint density at radius 2 is 1.86 bits per heavy atom. The SMILES string of the molecule is Cc1cnnc(-c2cccc(C(=O)N(C)CCC(O)c3ccccc3)c2)c1C. The molecule has 1 N–H and O–H groups in total. The van der Waals surface area contributed by atoms with Crippen molar-refractivity contribution in [1.82, 2.24) is 15.1 Å². The molecule has 0 spiro atoms. The van der Waals surface area contributed by atoms with Gasteiger partial charge in [-0.05, 0) is 49.1 Å². The fraction of sp³-hybridized carbons (Fsp3) is 0.261. The number of hydrogen-bond donors (Lipinski definition) is 1. The molecule has 3 rings (SSSR count). The van der Waals surface area contributed by atoms with E-state index in [9.17, 15) is 9.90 Å². The van der Waals surface area contributed by atoms with Gasteiger partial charge < -0.3 is 10.0 Å². The molecular formula is C23H25N3O2. The van der Waals surface area contributed by atoms with Gasteiger partial charge in [0.2, 0.25) is 0 Å². The molecule has 0 radical (unpaired) electrons. The molecule has 0 saturated carbocycles. The molecule has 0 aliphatic heterocycles. The Hall–Kier alpha value is -3.05. The van der Waals surface area contributed by atoms with Crippen LogP contribution in [-0.4, -0.2) is 39.7 Å². The zero-order valence-electron chi connectivity index (χ0n) is 16.5. The smallest absolute Gasteiger partial charge is 0.253 e. The number of aromatic nitrogens is 2. The van der Waals surface area contributed by atoms with Crippen molar-refractivity contribution < 1.29 is 9.90 Å². The maximum absolute atomic E-state index is 12.8. The Kier molecular flexibility index (Phi) is 6.16. The van der Waals surface area contributed by atoms with Crippen LogP contribution in [0.1, 0.15) is 39.6 Å². The minimum absolute atomic E-state index is 0.0830. The topological polar surface area (TPSA) is 66.3 Å². The third kappa shape index (κ3) is 4.43. The van der Waals surface area contributed by atoms with E-state index in [0.717, 1.165) is 27.9 Å². The molecule has 0 bridgehead atoms. The van der Waals surface area contributed by atoms with Gasteiger partial charge in [0.25, 0.3) is 5.91 Å². The minimum Gasteiger partial charge on any atom is -0.388 e. The van der Waals surface area contributed by atoms with Crippen molar-refractivity contribution in [2.75, 3.05) is 13.6 Å². The highest BCUT2D eigenvalue weighted by Gasteiger charge is 2.16. The summed E-state index contributed by atoms with van der Waals surface area (Å²) >= 11 is 0. The first kappa shape index (κ1) is 19.7. The quantitative estimate of drug-likeness (QED) is 0.708. The first-order valence-corrected chi connectivity index (χ1v) is 9.35. The van der Waals surface area contributed by atoms with E-state index in [0.29, 0.717) is 18.5 Å². The number of carbonyl (C=O) groups excluding carboxylic acids is 1. The Labute approximate surface area is 165 Å². The van der Waals surface area contributed by atoms with Crippen molar-refractivity contribution in [3.63, 3.8) is 0 Å². The van der Waals surface area contributed by atoms with Crippen LogP contribution in [0.15, 0.2) is 60.8 Å². The Bertz CT molecular complexity index is 957. The van der Waals surface area contributed by atoms with Crippen LogP contribution in [0.3, 0.4) is 0 Å². The summed E-state index contributed by atoms with van der Waals surface area (Å²) < 4.78 is 0. The molecule has 0 fully saturated rings. The average Bonchev–Trinajstić information content (AvgIpc) is 2.74. The van der Waals surface area contributed by atoms with Crippen LogP contribution in [0.2, 0.25) is 0 Å². The monoisotopic (exact) mass is 375 g/mol. The second-order valence-corrected chi connectivity index (χ2v) is 7.02. The highest BCUT2D eigenvalue weighted by Crippen LogP contribution is 2.24. The predicted octanol–water partition coefficient (Wildman–Crippen LogP) is 3.96. The number of aliphatic hydroxyl groups is 1. The van der Waals surface area contributed by atoms with Crippen molar-refractivity contribution >= 4 is 5.91 Å². The van der Waals surface area contributed by atoms with Crippen LogP contribution < -0.4 is 0 Å². The molecule has 1 atom stereocenters. The van der Waals surface area contributed by atoms with Crippen molar-refractivity contribution in [3.05, 3.63) is 83.0 Å². The van der Waals surface area contributed by atoms with Crippen LogP contribution in [-0.2, 0) is 0 Å². The first-order valence-electron chi connectivity index (χ1n) is 9.35. The van der Waals surface area contributed by atoms with Gasteiger partial charge in [-0.1, -0.05) is 42.5 Å². The lowest BCUT2D eigenvalue weighted by Gasteiger charge is -2.20. The van der Waals surface area contributed by atoms with E-state index in [2.05, 4.69) is 10.2 Å². The molecule has 3 aromatic rings. The number of benzene rings is 2. The van der Waals surface area contributed by atoms with Gasteiger partial charge in [-0.3, -0.25) is 4.79 Å². The molecule has 0 saturated heterocycles. The number of carbonyl (C=O) groups is 1. The van der Waals surface area contributed by atoms with E-state index in [4.69, 9.17) is 0 Å². The first-order chi connectivity index (χ1) is 13.5. The third-order valence-corrected chi connectivity index (χ3v) is 5.01. The summed E-state index contributed by atoms with van der Waals surface area (Å²) in [5.74, 6) is -0.0830. The standard InChI is InChI=1S/C23H25N3O2/c1-16-15-24-25-22(17(16)2)19-10-7-11-20(14-19)23(28)26(3)13-12-21(27)18-8-5-4-6-9-18/h4-11,14-15,21,27H,12-13H2,1-3H3. The second-order valence-electron chi connectivity index (χ2n) is 7.02. The average molecular weight is 375 g/mol. The predicted molar refractivity (Wildman–Crippen MR) is 110 cm³/mol. The van der Waals surface area contributed by atoms with E-state index in [1.165, 1.54) is 0 Å². The molecule has 1 aromatic heterocycles. The zero-order chi connectivity index (χ0) is 20.1. The number of aryl methyl sites for hydroxylation is 1. The van der Waals surface area contributed by atoms with Crippen LogP contribution in [0, 0.1) is 13.8 Å². The van der Waals surface area contributed by atoms with E-state index >= 15 is 0 Å². The van der Waals surface area contributed by atoms with Crippen LogP contribution >= 0.6 is 0 Å². The molecule has 0 aliphatic rings. The van der Waals surface area contributed by atoms with Crippen LogP contribution in [0.5, 0.6) is 0 Å². The number of amides is 1. The largest absolute Gasteiger partial charge is 0.388 e. The van der Waals surface area contributed by atoms with Crippen molar-refractivity contribution in [3.8, 4) is 11.3 Å². The van der Waals surface area contributed by atoms with Crippen LogP contribution in [0.4, 0.5) is 0 Å². The van der Waals surface area contributed by atoms with Crippen LogP contribution in [0.25, 0.3) is 11.3 Å².